The second kappa shape index (κ2) is 7.96. The highest BCUT2D eigenvalue weighted by Crippen LogP contribution is 2.31. The number of para-hydroxylation sites is 2. The van der Waals surface area contributed by atoms with Crippen LogP contribution < -0.4 is 4.74 Å². The number of aliphatic imine (C=N–C) groups is 2. The van der Waals surface area contributed by atoms with Crippen LogP contribution in [0.3, 0.4) is 0 Å². The van der Waals surface area contributed by atoms with E-state index < -0.39 is 0 Å². The predicted molar refractivity (Wildman–Crippen MR) is 110 cm³/mol. The molecule has 0 aromatic heterocycles. The van der Waals surface area contributed by atoms with Crippen LogP contribution in [0, 0.1) is 0 Å². The normalized spacial score (nSPS) is 16.0. The van der Waals surface area contributed by atoms with E-state index in [9.17, 15) is 5.11 Å². The molecule has 0 amide bonds. The molecule has 3 aromatic carbocycles. The Morgan fingerprint density at radius 1 is 1.04 bits per heavy atom. The lowest BCUT2D eigenvalue weighted by Crippen LogP contribution is -2.01. The van der Waals surface area contributed by atoms with E-state index in [1.807, 2.05) is 42.5 Å². The van der Waals surface area contributed by atoms with E-state index in [0.717, 1.165) is 16.8 Å². The fourth-order valence-electron chi connectivity index (χ4n) is 3.08. The maximum Gasteiger partial charge on any atom is 0.219 e. The highest BCUT2D eigenvalue weighted by atomic mass is 16.5. The summed E-state index contributed by atoms with van der Waals surface area (Å²) in [5.41, 5.74) is 3.24. The van der Waals surface area contributed by atoms with E-state index in [1.54, 1.807) is 24.4 Å². The Morgan fingerprint density at radius 2 is 1.82 bits per heavy atom. The summed E-state index contributed by atoms with van der Waals surface area (Å²) in [6.07, 6.45) is 1.61. The zero-order valence-corrected chi connectivity index (χ0v) is 15.4. The van der Waals surface area contributed by atoms with Gasteiger partial charge in [-0.3, -0.25) is 4.99 Å². The van der Waals surface area contributed by atoms with Gasteiger partial charge in [0.1, 0.15) is 12.6 Å². The van der Waals surface area contributed by atoms with E-state index in [2.05, 4.69) is 17.1 Å². The third kappa shape index (κ3) is 3.60. The van der Waals surface area contributed by atoms with Gasteiger partial charge in [-0.25, -0.2) is 4.99 Å². The Bertz CT molecular complexity index is 1030. The van der Waals surface area contributed by atoms with Crippen LogP contribution in [0.2, 0.25) is 0 Å². The van der Waals surface area contributed by atoms with E-state index >= 15 is 0 Å². The van der Waals surface area contributed by atoms with Gasteiger partial charge in [-0.15, -0.1) is 0 Å². The van der Waals surface area contributed by atoms with Crippen molar-refractivity contribution in [3.63, 3.8) is 0 Å². The molecule has 0 radical (unpaired) electrons. The van der Waals surface area contributed by atoms with Gasteiger partial charge in [-0.2, -0.15) is 0 Å². The van der Waals surface area contributed by atoms with Gasteiger partial charge >= 0.3 is 0 Å². The number of phenols is 1. The summed E-state index contributed by atoms with van der Waals surface area (Å²) in [7, 11) is 1.52. The number of phenolic OH excluding ortho intramolecular Hbond substituents is 1. The van der Waals surface area contributed by atoms with E-state index in [1.165, 1.54) is 7.11 Å². The highest BCUT2D eigenvalue weighted by Gasteiger charge is 2.23. The third-order valence-electron chi connectivity index (χ3n) is 4.56. The molecule has 28 heavy (non-hydrogen) atoms. The number of nitrogens with zero attached hydrogens (tertiary/aromatic N) is 2. The minimum atomic E-state index is -0.0179. The molecular formula is C23H20N2O3. The van der Waals surface area contributed by atoms with E-state index in [0.29, 0.717) is 23.8 Å². The van der Waals surface area contributed by atoms with Crippen molar-refractivity contribution in [2.75, 3.05) is 13.7 Å². The molecule has 140 valence electrons. The van der Waals surface area contributed by atoms with Gasteiger partial charge in [0.15, 0.2) is 11.5 Å². The average molecular weight is 372 g/mol. The van der Waals surface area contributed by atoms with Gasteiger partial charge in [-0.1, -0.05) is 48.5 Å². The van der Waals surface area contributed by atoms with Crippen LogP contribution in [-0.4, -0.2) is 30.9 Å². The topological polar surface area (TPSA) is 63.4 Å². The minimum absolute atomic E-state index is 0.0179. The van der Waals surface area contributed by atoms with Gasteiger partial charge in [0.2, 0.25) is 5.90 Å². The summed E-state index contributed by atoms with van der Waals surface area (Å²) in [6.45, 7) is 0.508. The van der Waals surface area contributed by atoms with Gasteiger partial charge in [0, 0.05) is 11.8 Å². The van der Waals surface area contributed by atoms with Crippen LogP contribution in [0.15, 0.2) is 82.8 Å². The molecule has 0 fully saturated rings. The molecule has 4 rings (SSSR count). The van der Waals surface area contributed by atoms with E-state index in [-0.39, 0.29) is 11.8 Å². The Hall–Kier alpha value is -3.60. The third-order valence-corrected chi connectivity index (χ3v) is 4.56. The van der Waals surface area contributed by atoms with Crippen LogP contribution in [0.25, 0.3) is 0 Å². The standard InChI is InChI=1S/C23H20N2O3/c1-27-21-13-7-10-17(22(21)26)14-24-19-12-6-5-11-18(19)23-25-20(15-28-23)16-8-3-2-4-9-16/h2-14,20,26H,15H2,1H3/t20-/m1/s1. The van der Waals surface area contributed by atoms with Crippen molar-refractivity contribution in [2.24, 2.45) is 9.98 Å². The zero-order chi connectivity index (χ0) is 19.3. The van der Waals surface area contributed by atoms with Crippen molar-refractivity contribution >= 4 is 17.8 Å². The summed E-state index contributed by atoms with van der Waals surface area (Å²) < 4.78 is 11.0. The zero-order valence-electron chi connectivity index (χ0n) is 15.4. The molecule has 0 aliphatic carbocycles. The van der Waals surface area contributed by atoms with Crippen LogP contribution in [0.5, 0.6) is 11.5 Å². The quantitative estimate of drug-likeness (QED) is 0.662. The number of methoxy groups -OCH3 is 1. The average Bonchev–Trinajstić information content (AvgIpc) is 3.24. The Morgan fingerprint density at radius 3 is 2.64 bits per heavy atom. The first-order chi connectivity index (χ1) is 13.8. The largest absolute Gasteiger partial charge is 0.504 e. The minimum Gasteiger partial charge on any atom is -0.504 e. The molecule has 1 N–H and O–H groups in total. The fourth-order valence-corrected chi connectivity index (χ4v) is 3.08. The SMILES string of the molecule is COc1cccc(C=Nc2ccccc2C2=N[C@@H](c3ccccc3)CO2)c1O. The summed E-state index contributed by atoms with van der Waals surface area (Å²) in [5, 5.41) is 10.2. The lowest BCUT2D eigenvalue weighted by atomic mass is 10.1. The smallest absolute Gasteiger partial charge is 0.219 e. The molecule has 1 heterocycles. The second-order valence-electron chi connectivity index (χ2n) is 6.35. The molecular weight excluding hydrogens is 352 g/mol. The first-order valence-corrected chi connectivity index (χ1v) is 9.01. The van der Waals surface area contributed by atoms with Crippen molar-refractivity contribution in [1.29, 1.82) is 0 Å². The maximum absolute atomic E-state index is 10.2. The molecule has 0 unspecified atom stereocenters. The lowest BCUT2D eigenvalue weighted by Gasteiger charge is -2.06. The molecule has 0 spiro atoms. The molecule has 0 saturated heterocycles. The Kier molecular flexibility index (Phi) is 5.06. The Balaban J connectivity index is 1.63. The second-order valence-corrected chi connectivity index (χ2v) is 6.35. The van der Waals surface area contributed by atoms with Crippen molar-refractivity contribution in [2.45, 2.75) is 6.04 Å². The fraction of sp³-hybridized carbons (Fsp3) is 0.130. The molecule has 1 aliphatic heterocycles. The molecule has 5 nitrogen and oxygen atoms in total. The first kappa shape index (κ1) is 17.8. The number of aromatic hydroxyl groups is 1. The van der Waals surface area contributed by atoms with Gasteiger partial charge in [0.25, 0.3) is 0 Å². The Labute approximate surface area is 163 Å². The summed E-state index contributed by atoms with van der Waals surface area (Å²) in [4.78, 5) is 9.29. The first-order valence-electron chi connectivity index (χ1n) is 9.01. The van der Waals surface area contributed by atoms with Crippen LogP contribution in [0.1, 0.15) is 22.7 Å². The molecule has 1 aliphatic rings. The monoisotopic (exact) mass is 372 g/mol. The van der Waals surface area contributed by atoms with Gasteiger partial charge in [0.05, 0.1) is 18.4 Å². The van der Waals surface area contributed by atoms with E-state index in [4.69, 9.17) is 14.5 Å². The maximum atomic E-state index is 10.2. The van der Waals surface area contributed by atoms with Crippen molar-refractivity contribution in [1.82, 2.24) is 0 Å². The predicted octanol–water partition coefficient (Wildman–Crippen LogP) is 4.67. The van der Waals surface area contributed by atoms with Crippen molar-refractivity contribution in [3.8, 4) is 11.5 Å². The van der Waals surface area contributed by atoms with Gasteiger partial charge in [-0.05, 0) is 29.8 Å². The number of ether oxygens (including phenoxy) is 2. The molecule has 0 saturated carbocycles. The molecule has 1 atom stereocenters. The molecule has 0 bridgehead atoms. The van der Waals surface area contributed by atoms with Crippen molar-refractivity contribution in [3.05, 3.63) is 89.5 Å². The summed E-state index contributed by atoms with van der Waals surface area (Å²) >= 11 is 0. The number of benzene rings is 3. The number of hydrogen-bond acceptors (Lipinski definition) is 5. The van der Waals surface area contributed by atoms with Gasteiger partial charge < -0.3 is 14.6 Å². The number of rotatable bonds is 5. The summed E-state index contributed by atoms with van der Waals surface area (Å²) in [5.74, 6) is 1.05. The van der Waals surface area contributed by atoms with Crippen LogP contribution in [-0.2, 0) is 4.74 Å². The number of hydrogen-bond donors (Lipinski definition) is 1. The molecule has 3 aromatic rings. The highest BCUT2D eigenvalue weighted by molar-refractivity contribution is 6.01. The lowest BCUT2D eigenvalue weighted by molar-refractivity contribution is 0.320. The van der Waals surface area contributed by atoms with Crippen molar-refractivity contribution < 1.29 is 14.6 Å². The molecule has 5 heteroatoms. The summed E-state index contributed by atoms with van der Waals surface area (Å²) in [6, 6.07) is 23.0. The van der Waals surface area contributed by atoms with Crippen LogP contribution >= 0.6 is 0 Å². The van der Waals surface area contributed by atoms with Crippen LogP contribution in [0.4, 0.5) is 5.69 Å².